The Labute approximate surface area is 44.1 Å². The summed E-state index contributed by atoms with van der Waals surface area (Å²) in [4.78, 5) is 0. The van der Waals surface area contributed by atoms with Gasteiger partial charge in [-0.05, 0) is 18.8 Å². The molecular weight excluding hydrogens is 86.1 g/mol. The molecule has 0 aromatic rings. The molecule has 7 heavy (non-hydrogen) atoms. The van der Waals surface area contributed by atoms with E-state index in [9.17, 15) is 0 Å². The highest BCUT2D eigenvalue weighted by Crippen LogP contribution is 2.27. The fourth-order valence-corrected chi connectivity index (χ4v) is 0.525. The van der Waals surface area contributed by atoms with Crippen molar-refractivity contribution in [2.75, 3.05) is 6.54 Å². The van der Waals surface area contributed by atoms with Gasteiger partial charge in [0.05, 0.1) is 0 Å². The predicted octanol–water partition coefficient (Wildman–Crippen LogP) is 0.577. The van der Waals surface area contributed by atoms with Crippen LogP contribution in [0.25, 0.3) is 0 Å². The van der Waals surface area contributed by atoms with Crippen LogP contribution in [0.2, 0.25) is 0 Å². The monoisotopic (exact) mass is 95.1 g/mol. The van der Waals surface area contributed by atoms with Gasteiger partial charge in [-0.15, -0.1) is 0 Å². The van der Waals surface area contributed by atoms with Gasteiger partial charge < -0.3 is 5.32 Å². The number of hydrogen-bond acceptors (Lipinski definition) is 1. The molecule has 0 heterocycles. The zero-order chi connectivity index (χ0) is 5.11. The van der Waals surface area contributed by atoms with E-state index in [1.807, 2.05) is 0 Å². The first kappa shape index (κ1) is 4.52. The first-order valence-corrected chi connectivity index (χ1v) is 2.62. The molecule has 1 N–H and O–H groups in total. The van der Waals surface area contributed by atoms with Crippen LogP contribution in [0, 0.1) is 18.4 Å². The molecule has 1 rings (SSSR count). The molecule has 0 bridgehead atoms. The SMILES string of the molecule is C#CNCC1CC1. The van der Waals surface area contributed by atoms with Crippen molar-refractivity contribution in [3.63, 3.8) is 0 Å². The first-order valence-electron chi connectivity index (χ1n) is 2.62. The van der Waals surface area contributed by atoms with E-state index in [4.69, 9.17) is 6.42 Å². The maximum atomic E-state index is 4.94. The lowest BCUT2D eigenvalue weighted by Crippen LogP contribution is -2.07. The average molecular weight is 95.1 g/mol. The van der Waals surface area contributed by atoms with Crippen LogP contribution in [-0.4, -0.2) is 6.54 Å². The topological polar surface area (TPSA) is 12.0 Å². The van der Waals surface area contributed by atoms with Crippen molar-refractivity contribution in [3.05, 3.63) is 0 Å². The second kappa shape index (κ2) is 1.88. The molecule has 1 aliphatic rings. The largest absolute Gasteiger partial charge is 0.346 e. The summed E-state index contributed by atoms with van der Waals surface area (Å²) in [6, 6.07) is 2.39. The molecule has 0 atom stereocenters. The van der Waals surface area contributed by atoms with E-state index < -0.39 is 0 Å². The van der Waals surface area contributed by atoms with E-state index in [1.54, 1.807) is 0 Å². The van der Waals surface area contributed by atoms with Crippen molar-refractivity contribution in [1.29, 1.82) is 0 Å². The molecule has 0 radical (unpaired) electrons. The zero-order valence-electron chi connectivity index (χ0n) is 4.28. The second-order valence-corrected chi connectivity index (χ2v) is 1.97. The quantitative estimate of drug-likeness (QED) is 0.390. The smallest absolute Gasteiger partial charge is 0.0257 e. The molecule has 0 saturated heterocycles. The predicted molar refractivity (Wildman–Crippen MR) is 29.6 cm³/mol. The van der Waals surface area contributed by atoms with Crippen LogP contribution in [0.3, 0.4) is 0 Å². The van der Waals surface area contributed by atoms with Gasteiger partial charge >= 0.3 is 0 Å². The van der Waals surface area contributed by atoms with Crippen LogP contribution in [0.4, 0.5) is 0 Å². The Hall–Kier alpha value is -0.640. The standard InChI is InChI=1S/C6H9N/c1-2-7-5-6-3-4-6/h1,6-7H,3-5H2. The normalized spacial score (nSPS) is 18.1. The number of rotatable bonds is 2. The van der Waals surface area contributed by atoms with Crippen molar-refractivity contribution < 1.29 is 0 Å². The lowest BCUT2D eigenvalue weighted by atomic mass is 10.4. The number of hydrogen-bond donors (Lipinski definition) is 1. The molecule has 1 nitrogen and oxygen atoms in total. The lowest BCUT2D eigenvalue weighted by Gasteiger charge is -1.89. The zero-order valence-corrected chi connectivity index (χ0v) is 4.28. The van der Waals surface area contributed by atoms with E-state index in [2.05, 4.69) is 11.4 Å². The molecule has 0 aliphatic heterocycles. The second-order valence-electron chi connectivity index (χ2n) is 1.97. The fraction of sp³-hybridized carbons (Fsp3) is 0.667. The van der Waals surface area contributed by atoms with E-state index in [0.29, 0.717) is 0 Å². The summed E-state index contributed by atoms with van der Waals surface area (Å²) in [5.74, 6) is 0.899. The molecular formula is C6H9N. The molecule has 0 aromatic heterocycles. The highest BCUT2D eigenvalue weighted by Gasteiger charge is 2.19. The summed E-state index contributed by atoms with van der Waals surface area (Å²) >= 11 is 0. The molecule has 0 amide bonds. The summed E-state index contributed by atoms with van der Waals surface area (Å²) in [6.07, 6.45) is 7.68. The maximum Gasteiger partial charge on any atom is 0.0257 e. The van der Waals surface area contributed by atoms with Gasteiger partial charge in [-0.2, -0.15) is 0 Å². The van der Waals surface area contributed by atoms with Crippen LogP contribution in [0.5, 0.6) is 0 Å². The van der Waals surface area contributed by atoms with Crippen LogP contribution in [-0.2, 0) is 0 Å². The minimum absolute atomic E-state index is 0.899. The van der Waals surface area contributed by atoms with Crippen LogP contribution in [0.1, 0.15) is 12.8 Å². The summed E-state index contributed by atoms with van der Waals surface area (Å²) in [5.41, 5.74) is 0. The Morgan fingerprint density at radius 2 is 2.43 bits per heavy atom. The van der Waals surface area contributed by atoms with Crippen LogP contribution >= 0.6 is 0 Å². The van der Waals surface area contributed by atoms with Gasteiger partial charge in [0.25, 0.3) is 0 Å². The summed E-state index contributed by atoms with van der Waals surface area (Å²) in [6.45, 7) is 1.02. The van der Waals surface area contributed by atoms with Crippen molar-refractivity contribution in [2.24, 2.45) is 5.92 Å². The molecule has 0 aromatic carbocycles. The Kier molecular flexibility index (Phi) is 1.21. The summed E-state index contributed by atoms with van der Waals surface area (Å²) in [7, 11) is 0. The van der Waals surface area contributed by atoms with Gasteiger partial charge in [-0.1, -0.05) is 6.42 Å². The summed E-state index contributed by atoms with van der Waals surface area (Å²) in [5, 5.41) is 2.84. The van der Waals surface area contributed by atoms with Crippen molar-refractivity contribution in [2.45, 2.75) is 12.8 Å². The molecule has 1 heteroatoms. The van der Waals surface area contributed by atoms with Gasteiger partial charge in [0.15, 0.2) is 0 Å². The van der Waals surface area contributed by atoms with Gasteiger partial charge in [0, 0.05) is 12.6 Å². The maximum absolute atomic E-state index is 4.94. The minimum Gasteiger partial charge on any atom is -0.346 e. The van der Waals surface area contributed by atoms with Gasteiger partial charge in [0.1, 0.15) is 0 Å². The molecule has 1 fully saturated rings. The van der Waals surface area contributed by atoms with Crippen molar-refractivity contribution in [3.8, 4) is 12.5 Å². The van der Waals surface area contributed by atoms with Crippen molar-refractivity contribution in [1.82, 2.24) is 5.32 Å². The van der Waals surface area contributed by atoms with Crippen LogP contribution in [0.15, 0.2) is 0 Å². The average Bonchev–Trinajstić information content (AvgIpc) is 2.42. The molecule has 0 unspecified atom stereocenters. The lowest BCUT2D eigenvalue weighted by molar-refractivity contribution is 0.764. The molecule has 0 spiro atoms. The Morgan fingerprint density at radius 1 is 1.71 bits per heavy atom. The van der Waals surface area contributed by atoms with Crippen LogP contribution < -0.4 is 5.32 Å². The Bertz CT molecular complexity index is 86.8. The molecule has 38 valence electrons. The van der Waals surface area contributed by atoms with E-state index >= 15 is 0 Å². The van der Waals surface area contributed by atoms with E-state index in [-0.39, 0.29) is 0 Å². The number of nitrogens with one attached hydrogen (secondary N) is 1. The summed E-state index contributed by atoms with van der Waals surface area (Å²) < 4.78 is 0. The highest BCUT2D eigenvalue weighted by molar-refractivity contribution is 4.84. The fourth-order valence-electron chi connectivity index (χ4n) is 0.525. The van der Waals surface area contributed by atoms with Gasteiger partial charge in [0.2, 0.25) is 0 Å². The first-order chi connectivity index (χ1) is 3.43. The Balaban J connectivity index is 1.91. The Morgan fingerprint density at radius 3 is 2.86 bits per heavy atom. The van der Waals surface area contributed by atoms with Crippen molar-refractivity contribution >= 4 is 0 Å². The number of terminal acetylenes is 1. The van der Waals surface area contributed by atoms with Gasteiger partial charge in [-0.3, -0.25) is 0 Å². The van der Waals surface area contributed by atoms with E-state index in [1.165, 1.54) is 12.8 Å². The highest BCUT2D eigenvalue weighted by atomic mass is 14.8. The third kappa shape index (κ3) is 1.50. The molecule has 1 aliphatic carbocycles. The van der Waals surface area contributed by atoms with Gasteiger partial charge in [-0.25, -0.2) is 0 Å². The third-order valence-corrected chi connectivity index (χ3v) is 1.19. The third-order valence-electron chi connectivity index (χ3n) is 1.19. The van der Waals surface area contributed by atoms with E-state index in [0.717, 1.165) is 12.5 Å². The molecule has 1 saturated carbocycles. The minimum atomic E-state index is 0.899.